The van der Waals surface area contributed by atoms with E-state index in [4.69, 9.17) is 5.11 Å². The second kappa shape index (κ2) is 3.91. The van der Waals surface area contributed by atoms with Gasteiger partial charge in [0.15, 0.2) is 0 Å². The number of likely N-dealkylation sites (N-methyl/N-ethyl adjacent to an activating group) is 1. The van der Waals surface area contributed by atoms with Crippen LogP contribution < -0.4 is 5.32 Å². The lowest BCUT2D eigenvalue weighted by Gasteiger charge is -2.38. The molecule has 0 atom stereocenters. The largest absolute Gasteiger partial charge is 0.396 e. The van der Waals surface area contributed by atoms with Gasteiger partial charge >= 0.3 is 0 Å². The fourth-order valence-corrected chi connectivity index (χ4v) is 1.24. The van der Waals surface area contributed by atoms with Crippen molar-refractivity contribution >= 4 is 0 Å². The van der Waals surface area contributed by atoms with Gasteiger partial charge in [0, 0.05) is 38.7 Å². The Balaban J connectivity index is 1.93. The Kier molecular flexibility index (Phi) is 3.12. The summed E-state index contributed by atoms with van der Waals surface area (Å²) in [5, 5.41) is 11.8. The SMILES string of the molecule is CNCCN1CC(CO)C1. The molecule has 60 valence electrons. The Bertz CT molecular complexity index is 88.9. The number of hydrogen-bond donors (Lipinski definition) is 2. The van der Waals surface area contributed by atoms with Gasteiger partial charge < -0.3 is 15.3 Å². The number of aliphatic hydroxyl groups is 1. The third kappa shape index (κ3) is 1.94. The lowest BCUT2D eigenvalue weighted by molar-refractivity contribution is 0.0554. The maximum absolute atomic E-state index is 8.69. The highest BCUT2D eigenvalue weighted by Gasteiger charge is 2.24. The van der Waals surface area contributed by atoms with Crippen LogP contribution in [0.4, 0.5) is 0 Å². The first kappa shape index (κ1) is 7.98. The molecule has 0 radical (unpaired) electrons. The number of hydrogen-bond acceptors (Lipinski definition) is 3. The fraction of sp³-hybridized carbons (Fsp3) is 1.00. The molecule has 1 rings (SSSR count). The van der Waals surface area contributed by atoms with Crippen molar-refractivity contribution in [3.63, 3.8) is 0 Å². The Labute approximate surface area is 62.0 Å². The van der Waals surface area contributed by atoms with Crippen LogP contribution in [0.5, 0.6) is 0 Å². The van der Waals surface area contributed by atoms with E-state index >= 15 is 0 Å². The van der Waals surface area contributed by atoms with Crippen molar-refractivity contribution in [1.29, 1.82) is 0 Å². The average Bonchev–Trinajstić information content (AvgIpc) is 1.86. The topological polar surface area (TPSA) is 35.5 Å². The summed E-state index contributed by atoms with van der Waals surface area (Å²) >= 11 is 0. The molecular formula is C7H16N2O. The van der Waals surface area contributed by atoms with Crippen molar-refractivity contribution < 1.29 is 5.11 Å². The van der Waals surface area contributed by atoms with E-state index in [0.717, 1.165) is 26.2 Å². The van der Waals surface area contributed by atoms with Crippen LogP contribution in [0.25, 0.3) is 0 Å². The molecule has 0 aliphatic carbocycles. The number of nitrogens with zero attached hydrogens (tertiary/aromatic N) is 1. The summed E-state index contributed by atoms with van der Waals surface area (Å²) in [6, 6.07) is 0. The van der Waals surface area contributed by atoms with Crippen molar-refractivity contribution in [2.45, 2.75) is 0 Å². The van der Waals surface area contributed by atoms with Crippen molar-refractivity contribution in [2.24, 2.45) is 5.92 Å². The van der Waals surface area contributed by atoms with Gasteiger partial charge in [-0.2, -0.15) is 0 Å². The lowest BCUT2D eigenvalue weighted by atomic mass is 10.0. The summed E-state index contributed by atoms with van der Waals surface area (Å²) in [6.07, 6.45) is 0. The molecule has 1 heterocycles. The zero-order valence-electron chi connectivity index (χ0n) is 6.51. The molecule has 0 aromatic heterocycles. The van der Waals surface area contributed by atoms with Gasteiger partial charge in [0.1, 0.15) is 0 Å². The number of aliphatic hydroxyl groups excluding tert-OH is 1. The first-order chi connectivity index (χ1) is 4.86. The predicted octanol–water partition coefficient (Wildman–Crippen LogP) is -0.870. The Morgan fingerprint density at radius 2 is 2.30 bits per heavy atom. The Hall–Kier alpha value is -0.120. The summed E-state index contributed by atoms with van der Waals surface area (Å²) in [4.78, 5) is 2.34. The zero-order valence-corrected chi connectivity index (χ0v) is 6.51. The van der Waals surface area contributed by atoms with Gasteiger partial charge in [-0.3, -0.25) is 0 Å². The molecule has 0 aromatic rings. The van der Waals surface area contributed by atoms with E-state index in [9.17, 15) is 0 Å². The van der Waals surface area contributed by atoms with Crippen molar-refractivity contribution in [2.75, 3.05) is 39.8 Å². The standard InChI is InChI=1S/C7H16N2O/c1-8-2-3-9-4-7(5-9)6-10/h7-8,10H,2-6H2,1H3. The van der Waals surface area contributed by atoms with Crippen molar-refractivity contribution in [3.8, 4) is 0 Å². The molecule has 0 unspecified atom stereocenters. The molecule has 1 saturated heterocycles. The molecule has 0 amide bonds. The summed E-state index contributed by atoms with van der Waals surface area (Å²) < 4.78 is 0. The molecule has 1 fully saturated rings. The quantitative estimate of drug-likeness (QED) is 0.538. The van der Waals surface area contributed by atoms with Crippen LogP contribution in [-0.4, -0.2) is 49.8 Å². The highest BCUT2D eigenvalue weighted by molar-refractivity contribution is 4.78. The van der Waals surface area contributed by atoms with Gasteiger partial charge in [-0.25, -0.2) is 0 Å². The monoisotopic (exact) mass is 144 g/mol. The summed E-state index contributed by atoms with van der Waals surface area (Å²) in [6.45, 7) is 4.69. The van der Waals surface area contributed by atoms with Crippen LogP contribution in [0, 0.1) is 5.92 Å². The molecule has 0 saturated carbocycles. The number of rotatable bonds is 4. The second-order valence-electron chi connectivity index (χ2n) is 2.91. The van der Waals surface area contributed by atoms with Gasteiger partial charge in [0.2, 0.25) is 0 Å². The van der Waals surface area contributed by atoms with Gasteiger partial charge in [-0.1, -0.05) is 0 Å². The normalized spacial score (nSPS) is 21.0. The van der Waals surface area contributed by atoms with Gasteiger partial charge in [-0.05, 0) is 7.05 Å². The van der Waals surface area contributed by atoms with Crippen molar-refractivity contribution in [3.05, 3.63) is 0 Å². The van der Waals surface area contributed by atoms with Crippen LogP contribution in [0.15, 0.2) is 0 Å². The minimum absolute atomic E-state index is 0.357. The molecule has 2 N–H and O–H groups in total. The summed E-state index contributed by atoms with van der Waals surface area (Å²) in [5.74, 6) is 0.553. The maximum atomic E-state index is 8.69. The van der Waals surface area contributed by atoms with Crippen LogP contribution in [0.1, 0.15) is 0 Å². The highest BCUT2D eigenvalue weighted by Crippen LogP contribution is 2.12. The molecule has 1 aliphatic rings. The van der Waals surface area contributed by atoms with E-state index in [-0.39, 0.29) is 0 Å². The van der Waals surface area contributed by atoms with Crippen LogP contribution in [0.3, 0.4) is 0 Å². The third-order valence-corrected chi connectivity index (χ3v) is 1.97. The van der Waals surface area contributed by atoms with E-state index in [1.54, 1.807) is 0 Å². The summed E-state index contributed by atoms with van der Waals surface area (Å²) in [5.41, 5.74) is 0. The first-order valence-electron chi connectivity index (χ1n) is 3.84. The van der Waals surface area contributed by atoms with E-state index in [1.165, 1.54) is 0 Å². The molecular weight excluding hydrogens is 128 g/mol. The molecule has 3 heteroatoms. The highest BCUT2D eigenvalue weighted by atomic mass is 16.3. The number of nitrogens with one attached hydrogen (secondary N) is 1. The minimum Gasteiger partial charge on any atom is -0.396 e. The van der Waals surface area contributed by atoms with Gasteiger partial charge in [-0.15, -0.1) is 0 Å². The van der Waals surface area contributed by atoms with Crippen molar-refractivity contribution in [1.82, 2.24) is 10.2 Å². The molecule has 1 aliphatic heterocycles. The lowest BCUT2D eigenvalue weighted by Crippen LogP contribution is -2.50. The second-order valence-corrected chi connectivity index (χ2v) is 2.91. The summed E-state index contributed by atoms with van der Waals surface area (Å²) in [7, 11) is 1.96. The average molecular weight is 144 g/mol. The van der Waals surface area contributed by atoms with Crippen LogP contribution >= 0.6 is 0 Å². The molecule has 0 aromatic carbocycles. The Morgan fingerprint density at radius 3 is 2.80 bits per heavy atom. The molecule has 0 spiro atoms. The first-order valence-corrected chi connectivity index (χ1v) is 3.84. The van der Waals surface area contributed by atoms with E-state index < -0.39 is 0 Å². The smallest absolute Gasteiger partial charge is 0.0483 e. The van der Waals surface area contributed by atoms with E-state index in [1.807, 2.05) is 7.05 Å². The maximum Gasteiger partial charge on any atom is 0.0483 e. The van der Waals surface area contributed by atoms with Gasteiger partial charge in [0.25, 0.3) is 0 Å². The third-order valence-electron chi connectivity index (χ3n) is 1.97. The Morgan fingerprint density at radius 1 is 1.60 bits per heavy atom. The minimum atomic E-state index is 0.357. The predicted molar refractivity (Wildman–Crippen MR) is 40.9 cm³/mol. The van der Waals surface area contributed by atoms with Crippen LogP contribution in [0.2, 0.25) is 0 Å². The fourth-order valence-electron chi connectivity index (χ4n) is 1.24. The molecule has 10 heavy (non-hydrogen) atoms. The van der Waals surface area contributed by atoms with E-state index in [0.29, 0.717) is 12.5 Å². The zero-order chi connectivity index (χ0) is 7.40. The molecule has 3 nitrogen and oxygen atoms in total. The van der Waals surface area contributed by atoms with Crippen LogP contribution in [-0.2, 0) is 0 Å². The van der Waals surface area contributed by atoms with E-state index in [2.05, 4.69) is 10.2 Å². The number of likely N-dealkylation sites (tertiary alicyclic amines) is 1. The van der Waals surface area contributed by atoms with Gasteiger partial charge in [0.05, 0.1) is 0 Å². The molecule has 0 bridgehead atoms.